The van der Waals surface area contributed by atoms with Gasteiger partial charge in [0.05, 0.1) is 11.5 Å². The highest BCUT2D eigenvalue weighted by molar-refractivity contribution is 8.00. The van der Waals surface area contributed by atoms with Gasteiger partial charge in [0.15, 0.2) is 5.69 Å². The third-order valence-corrected chi connectivity index (χ3v) is 6.06. The van der Waals surface area contributed by atoms with E-state index in [1.807, 2.05) is 25.1 Å². The highest BCUT2D eigenvalue weighted by atomic mass is 32.2. The Bertz CT molecular complexity index is 1160. The fraction of sp³-hybridized carbons (Fsp3) is 0.182. The third kappa shape index (κ3) is 4.30. The van der Waals surface area contributed by atoms with E-state index in [0.717, 1.165) is 5.56 Å². The van der Waals surface area contributed by atoms with Crippen LogP contribution in [-0.4, -0.2) is 26.0 Å². The van der Waals surface area contributed by atoms with Crippen molar-refractivity contribution in [3.8, 4) is 0 Å². The van der Waals surface area contributed by atoms with Crippen molar-refractivity contribution >= 4 is 26.8 Å². The summed E-state index contributed by atoms with van der Waals surface area (Å²) in [4.78, 5) is 16.3. The Balaban J connectivity index is 2.21. The number of ether oxygens (including phenoxy) is 1. The Morgan fingerprint density at radius 2 is 1.72 bits per heavy atom. The first-order valence-electron chi connectivity index (χ1n) is 9.07. The topological polar surface area (TPSA) is 86.5 Å². The van der Waals surface area contributed by atoms with E-state index in [0.29, 0.717) is 5.56 Å². The fourth-order valence-electron chi connectivity index (χ4n) is 2.76. The number of sulfone groups is 1. The lowest BCUT2D eigenvalue weighted by molar-refractivity contribution is 0.0518. The van der Waals surface area contributed by atoms with Gasteiger partial charge in [-0.25, -0.2) is 18.2 Å². The van der Waals surface area contributed by atoms with Crippen LogP contribution in [0.4, 0.5) is 0 Å². The Hall–Kier alpha value is -3.19. The molecule has 0 spiro atoms. The SMILES string of the molecule is CCOC(=O)c1nc(/C(=C\c2ccccc2C)S(=O)(=O)c2ccccc2)oc1C. The van der Waals surface area contributed by atoms with Crippen molar-refractivity contribution < 1.29 is 22.4 Å². The van der Waals surface area contributed by atoms with Crippen LogP contribution in [0.2, 0.25) is 0 Å². The van der Waals surface area contributed by atoms with Crippen LogP contribution in [0.15, 0.2) is 63.9 Å². The molecule has 0 saturated carbocycles. The van der Waals surface area contributed by atoms with Crippen LogP contribution < -0.4 is 0 Å². The van der Waals surface area contributed by atoms with Gasteiger partial charge in [0.1, 0.15) is 10.7 Å². The highest BCUT2D eigenvalue weighted by Gasteiger charge is 2.29. The second-order valence-corrected chi connectivity index (χ2v) is 8.24. The number of benzene rings is 2. The monoisotopic (exact) mass is 411 g/mol. The molecule has 0 bridgehead atoms. The van der Waals surface area contributed by atoms with Crippen molar-refractivity contribution in [3.05, 3.63) is 83.1 Å². The Morgan fingerprint density at radius 1 is 1.07 bits per heavy atom. The number of rotatable bonds is 6. The standard InChI is InChI=1S/C22H21NO5S/c1-4-27-22(24)20-16(3)28-21(23-20)19(14-17-11-9-8-10-15(17)2)29(25,26)18-12-6-5-7-13-18/h5-14H,4H2,1-3H3/b19-14+. The van der Waals surface area contributed by atoms with E-state index in [1.165, 1.54) is 18.2 Å². The number of esters is 1. The number of oxazole rings is 1. The van der Waals surface area contributed by atoms with E-state index in [1.54, 1.807) is 38.1 Å². The zero-order valence-electron chi connectivity index (χ0n) is 16.4. The Kier molecular flexibility index (Phi) is 5.98. The predicted octanol–water partition coefficient (Wildman–Crippen LogP) is 4.44. The van der Waals surface area contributed by atoms with E-state index in [4.69, 9.17) is 9.15 Å². The van der Waals surface area contributed by atoms with Crippen LogP contribution in [0.5, 0.6) is 0 Å². The molecule has 1 aromatic heterocycles. The summed E-state index contributed by atoms with van der Waals surface area (Å²) in [5, 5.41) is 0. The van der Waals surface area contributed by atoms with Gasteiger partial charge < -0.3 is 9.15 Å². The molecule has 0 amide bonds. The number of hydrogen-bond donors (Lipinski definition) is 0. The second-order valence-electron chi connectivity index (χ2n) is 6.33. The minimum atomic E-state index is -3.96. The molecule has 0 atom stereocenters. The van der Waals surface area contributed by atoms with Gasteiger partial charge in [-0.15, -0.1) is 0 Å². The van der Waals surface area contributed by atoms with Crippen molar-refractivity contribution in [3.63, 3.8) is 0 Å². The normalized spacial score (nSPS) is 12.0. The molecule has 3 aromatic rings. The first kappa shape index (κ1) is 20.5. The molecule has 0 N–H and O–H groups in total. The van der Waals surface area contributed by atoms with E-state index in [-0.39, 0.29) is 33.8 Å². The average Bonchev–Trinajstić information content (AvgIpc) is 3.09. The van der Waals surface area contributed by atoms with Crippen LogP contribution in [0.25, 0.3) is 11.0 Å². The molecule has 0 fully saturated rings. The molecule has 0 unspecified atom stereocenters. The largest absolute Gasteiger partial charge is 0.461 e. The molecular formula is C22H21NO5S. The zero-order chi connectivity index (χ0) is 21.0. The summed E-state index contributed by atoms with van der Waals surface area (Å²) in [6, 6.07) is 15.4. The lowest BCUT2D eigenvalue weighted by Gasteiger charge is -2.08. The molecule has 2 aromatic carbocycles. The van der Waals surface area contributed by atoms with Gasteiger partial charge >= 0.3 is 5.97 Å². The maximum Gasteiger partial charge on any atom is 0.360 e. The average molecular weight is 411 g/mol. The van der Waals surface area contributed by atoms with E-state index < -0.39 is 15.8 Å². The summed E-state index contributed by atoms with van der Waals surface area (Å²) in [5.74, 6) is -0.623. The predicted molar refractivity (Wildman–Crippen MR) is 110 cm³/mol. The van der Waals surface area contributed by atoms with Gasteiger partial charge in [-0.2, -0.15) is 0 Å². The summed E-state index contributed by atoms with van der Waals surface area (Å²) in [5.41, 5.74) is 1.55. The number of aromatic nitrogens is 1. The fourth-order valence-corrected chi connectivity index (χ4v) is 4.13. The Morgan fingerprint density at radius 3 is 2.38 bits per heavy atom. The van der Waals surface area contributed by atoms with Gasteiger partial charge in [-0.3, -0.25) is 0 Å². The molecule has 0 aliphatic carbocycles. The molecule has 0 aliphatic rings. The van der Waals surface area contributed by atoms with E-state index >= 15 is 0 Å². The molecule has 1 heterocycles. The van der Waals surface area contributed by atoms with Gasteiger partial charge in [-0.1, -0.05) is 42.5 Å². The maximum atomic E-state index is 13.4. The molecule has 6 nitrogen and oxygen atoms in total. The lowest BCUT2D eigenvalue weighted by atomic mass is 10.1. The van der Waals surface area contributed by atoms with Gasteiger partial charge in [-0.05, 0) is 50.1 Å². The van der Waals surface area contributed by atoms with E-state index in [2.05, 4.69) is 4.98 Å². The summed E-state index contributed by atoms with van der Waals surface area (Å²) < 4.78 is 37.3. The smallest absolute Gasteiger partial charge is 0.360 e. The molecule has 3 rings (SSSR count). The highest BCUT2D eigenvalue weighted by Crippen LogP contribution is 2.31. The minimum Gasteiger partial charge on any atom is -0.461 e. The summed E-state index contributed by atoms with van der Waals surface area (Å²) in [6.45, 7) is 5.28. The quantitative estimate of drug-likeness (QED) is 0.557. The number of carbonyl (C=O) groups excluding carboxylic acids is 1. The lowest BCUT2D eigenvalue weighted by Crippen LogP contribution is -2.08. The van der Waals surface area contributed by atoms with Crippen LogP contribution in [0.1, 0.15) is 40.2 Å². The maximum absolute atomic E-state index is 13.4. The summed E-state index contributed by atoms with van der Waals surface area (Å²) >= 11 is 0. The van der Waals surface area contributed by atoms with Crippen LogP contribution in [0.3, 0.4) is 0 Å². The molecule has 29 heavy (non-hydrogen) atoms. The summed E-state index contributed by atoms with van der Waals surface area (Å²) in [7, 11) is -3.96. The number of hydrogen-bond acceptors (Lipinski definition) is 6. The van der Waals surface area contributed by atoms with Crippen molar-refractivity contribution in [2.45, 2.75) is 25.7 Å². The molecule has 0 saturated heterocycles. The first-order chi connectivity index (χ1) is 13.8. The van der Waals surface area contributed by atoms with Crippen molar-refractivity contribution in [1.29, 1.82) is 0 Å². The Labute approximate surface area is 169 Å². The molecular weight excluding hydrogens is 390 g/mol. The first-order valence-corrected chi connectivity index (χ1v) is 10.5. The zero-order valence-corrected chi connectivity index (χ0v) is 17.2. The van der Waals surface area contributed by atoms with Crippen molar-refractivity contribution in [2.24, 2.45) is 0 Å². The van der Waals surface area contributed by atoms with E-state index in [9.17, 15) is 13.2 Å². The summed E-state index contributed by atoms with van der Waals surface area (Å²) in [6.07, 6.45) is 1.51. The molecule has 150 valence electrons. The van der Waals surface area contributed by atoms with Crippen LogP contribution >= 0.6 is 0 Å². The van der Waals surface area contributed by atoms with Gasteiger partial charge in [0, 0.05) is 0 Å². The third-order valence-electron chi connectivity index (χ3n) is 4.29. The molecule has 0 radical (unpaired) electrons. The van der Waals surface area contributed by atoms with Crippen LogP contribution in [0, 0.1) is 13.8 Å². The number of aryl methyl sites for hydroxylation is 2. The van der Waals surface area contributed by atoms with Crippen molar-refractivity contribution in [1.82, 2.24) is 4.98 Å². The number of nitrogens with zero attached hydrogens (tertiary/aromatic N) is 1. The second kappa shape index (κ2) is 8.45. The van der Waals surface area contributed by atoms with Gasteiger partial charge in [0.2, 0.25) is 15.7 Å². The molecule has 7 heteroatoms. The number of carbonyl (C=O) groups is 1. The van der Waals surface area contributed by atoms with Crippen molar-refractivity contribution in [2.75, 3.05) is 6.61 Å². The minimum absolute atomic E-state index is 0.0409. The molecule has 0 aliphatic heterocycles. The van der Waals surface area contributed by atoms with Gasteiger partial charge in [0.25, 0.3) is 0 Å². The van der Waals surface area contributed by atoms with Crippen LogP contribution in [-0.2, 0) is 14.6 Å².